The predicted octanol–water partition coefficient (Wildman–Crippen LogP) is 0.492. The second kappa shape index (κ2) is 6.23. The monoisotopic (exact) mass is 268 g/mol. The van der Waals surface area contributed by atoms with Crippen molar-refractivity contribution in [2.24, 2.45) is 0 Å². The number of benzene rings is 1. The molecule has 98 valence electrons. The van der Waals surface area contributed by atoms with Crippen LogP contribution in [-0.4, -0.2) is 27.3 Å². The summed E-state index contributed by atoms with van der Waals surface area (Å²) < 4.78 is 25.1. The summed E-state index contributed by atoms with van der Waals surface area (Å²) in [6, 6.07) is 6.85. The van der Waals surface area contributed by atoms with Gasteiger partial charge in [0.1, 0.15) is 6.07 Å². The van der Waals surface area contributed by atoms with E-state index < -0.39 is 10.0 Å². The van der Waals surface area contributed by atoms with E-state index in [1.54, 1.807) is 25.1 Å². The van der Waals surface area contributed by atoms with Gasteiger partial charge in [-0.15, -0.1) is 0 Å². The van der Waals surface area contributed by atoms with Crippen molar-refractivity contribution in [2.75, 3.05) is 29.9 Å². The van der Waals surface area contributed by atoms with Gasteiger partial charge in [-0.25, -0.2) is 13.1 Å². The number of anilines is 2. The minimum Gasteiger partial charge on any atom is -0.398 e. The predicted molar refractivity (Wildman–Crippen MR) is 71.5 cm³/mol. The summed E-state index contributed by atoms with van der Waals surface area (Å²) in [5.74, 6) is -0.0131. The molecule has 0 radical (unpaired) electrons. The van der Waals surface area contributed by atoms with Crippen LogP contribution in [0.1, 0.15) is 12.5 Å². The van der Waals surface area contributed by atoms with Crippen LogP contribution in [0, 0.1) is 11.3 Å². The molecule has 0 aromatic heterocycles. The third-order valence-electron chi connectivity index (χ3n) is 2.24. The lowest BCUT2D eigenvalue weighted by Gasteiger charge is -2.08. The van der Waals surface area contributed by atoms with Crippen LogP contribution in [0.2, 0.25) is 0 Å². The normalized spacial score (nSPS) is 10.9. The average molecular weight is 268 g/mol. The fraction of sp³-hybridized carbons (Fsp3) is 0.364. The number of nitrogens with one attached hydrogen (secondary N) is 2. The number of hydrogen-bond donors (Lipinski definition) is 3. The zero-order chi connectivity index (χ0) is 13.6. The minimum atomic E-state index is -3.22. The molecule has 0 aliphatic rings. The first-order valence-corrected chi connectivity index (χ1v) is 7.14. The summed E-state index contributed by atoms with van der Waals surface area (Å²) in [4.78, 5) is 0. The first-order valence-electron chi connectivity index (χ1n) is 5.49. The quantitative estimate of drug-likeness (QED) is 0.651. The molecule has 1 aromatic carbocycles. The van der Waals surface area contributed by atoms with Crippen molar-refractivity contribution in [1.29, 1.82) is 5.26 Å². The van der Waals surface area contributed by atoms with Crippen molar-refractivity contribution < 1.29 is 8.42 Å². The second-order valence-corrected chi connectivity index (χ2v) is 5.58. The van der Waals surface area contributed by atoms with Crippen LogP contribution < -0.4 is 15.8 Å². The van der Waals surface area contributed by atoms with Crippen molar-refractivity contribution in [2.45, 2.75) is 6.92 Å². The maximum absolute atomic E-state index is 11.4. The summed E-state index contributed by atoms with van der Waals surface area (Å²) in [5, 5.41) is 11.7. The third-order valence-corrected chi connectivity index (χ3v) is 3.71. The smallest absolute Gasteiger partial charge is 0.213 e. The van der Waals surface area contributed by atoms with Gasteiger partial charge in [0.15, 0.2) is 0 Å². The van der Waals surface area contributed by atoms with E-state index >= 15 is 0 Å². The molecule has 1 rings (SSSR count). The zero-order valence-corrected chi connectivity index (χ0v) is 10.9. The minimum absolute atomic E-state index is 0.0131. The number of sulfonamides is 1. The Balaban J connectivity index is 2.55. The van der Waals surface area contributed by atoms with Gasteiger partial charge in [0.2, 0.25) is 10.0 Å². The molecule has 0 atom stereocenters. The molecule has 7 heteroatoms. The van der Waals surface area contributed by atoms with Gasteiger partial charge in [-0.1, -0.05) is 6.92 Å². The van der Waals surface area contributed by atoms with Crippen LogP contribution in [0.4, 0.5) is 11.4 Å². The molecule has 0 amide bonds. The molecular formula is C11H16N4O2S. The maximum Gasteiger partial charge on any atom is 0.213 e. The molecule has 0 aliphatic heterocycles. The van der Waals surface area contributed by atoms with Crippen LogP contribution in [0.25, 0.3) is 0 Å². The average Bonchev–Trinajstić information content (AvgIpc) is 2.29. The SMILES string of the molecule is CCNS(=O)(=O)CCNc1ccc(C#N)c(N)c1. The number of nitriles is 1. The lowest BCUT2D eigenvalue weighted by molar-refractivity contribution is 0.584. The molecule has 0 saturated carbocycles. The van der Waals surface area contributed by atoms with Gasteiger partial charge in [0, 0.05) is 18.8 Å². The highest BCUT2D eigenvalue weighted by atomic mass is 32.2. The Kier molecular flexibility index (Phi) is 4.95. The number of nitrogens with two attached hydrogens (primary N) is 1. The Labute approximate surface area is 107 Å². The van der Waals surface area contributed by atoms with Crippen molar-refractivity contribution >= 4 is 21.4 Å². The van der Waals surface area contributed by atoms with Crippen molar-refractivity contribution in [3.05, 3.63) is 23.8 Å². The van der Waals surface area contributed by atoms with Crippen LogP contribution in [-0.2, 0) is 10.0 Å². The van der Waals surface area contributed by atoms with Crippen LogP contribution >= 0.6 is 0 Å². The summed E-state index contributed by atoms with van der Waals surface area (Å²) in [5.41, 5.74) is 7.11. The van der Waals surface area contributed by atoms with Gasteiger partial charge in [0.05, 0.1) is 17.0 Å². The Hall–Kier alpha value is -1.78. The van der Waals surface area contributed by atoms with Gasteiger partial charge in [0.25, 0.3) is 0 Å². The Morgan fingerprint density at radius 3 is 2.72 bits per heavy atom. The van der Waals surface area contributed by atoms with Gasteiger partial charge in [-0.2, -0.15) is 5.26 Å². The molecule has 18 heavy (non-hydrogen) atoms. The molecule has 0 unspecified atom stereocenters. The van der Waals surface area contributed by atoms with Crippen LogP contribution in [0.15, 0.2) is 18.2 Å². The Morgan fingerprint density at radius 2 is 2.17 bits per heavy atom. The van der Waals surface area contributed by atoms with Crippen LogP contribution in [0.5, 0.6) is 0 Å². The summed E-state index contributed by atoms with van der Waals surface area (Å²) in [6.45, 7) is 2.39. The summed E-state index contributed by atoms with van der Waals surface area (Å²) in [7, 11) is -3.22. The molecule has 4 N–H and O–H groups in total. The van der Waals surface area contributed by atoms with Crippen molar-refractivity contribution in [1.82, 2.24) is 4.72 Å². The molecule has 0 spiro atoms. The fourth-order valence-electron chi connectivity index (χ4n) is 1.40. The lowest BCUT2D eigenvalue weighted by Crippen LogP contribution is -2.29. The van der Waals surface area contributed by atoms with Gasteiger partial charge in [-0.05, 0) is 18.2 Å². The van der Waals surface area contributed by atoms with E-state index in [9.17, 15) is 8.42 Å². The van der Waals surface area contributed by atoms with Gasteiger partial charge >= 0.3 is 0 Å². The van der Waals surface area contributed by atoms with E-state index in [4.69, 9.17) is 11.0 Å². The number of hydrogen-bond acceptors (Lipinski definition) is 5. The highest BCUT2D eigenvalue weighted by Gasteiger charge is 2.07. The molecule has 0 aliphatic carbocycles. The van der Waals surface area contributed by atoms with E-state index in [1.807, 2.05) is 6.07 Å². The topological polar surface area (TPSA) is 108 Å². The first kappa shape index (κ1) is 14.3. The van der Waals surface area contributed by atoms with E-state index in [-0.39, 0.29) is 12.3 Å². The maximum atomic E-state index is 11.4. The highest BCUT2D eigenvalue weighted by molar-refractivity contribution is 7.89. The summed E-state index contributed by atoms with van der Waals surface area (Å²) in [6.07, 6.45) is 0. The largest absolute Gasteiger partial charge is 0.398 e. The van der Waals surface area contributed by atoms with E-state index in [1.165, 1.54) is 0 Å². The van der Waals surface area contributed by atoms with E-state index in [2.05, 4.69) is 10.0 Å². The van der Waals surface area contributed by atoms with Crippen LogP contribution in [0.3, 0.4) is 0 Å². The number of rotatable bonds is 6. The number of nitrogen functional groups attached to an aromatic ring is 1. The fourth-order valence-corrected chi connectivity index (χ4v) is 2.35. The molecular weight excluding hydrogens is 252 g/mol. The number of nitrogens with zero attached hydrogens (tertiary/aromatic N) is 1. The van der Waals surface area contributed by atoms with Crippen molar-refractivity contribution in [3.8, 4) is 6.07 Å². The zero-order valence-electron chi connectivity index (χ0n) is 10.1. The molecule has 0 heterocycles. The van der Waals surface area contributed by atoms with Gasteiger partial charge < -0.3 is 11.1 Å². The standard InChI is InChI=1S/C11H16N4O2S/c1-2-15-18(16,17)6-5-14-10-4-3-9(8-12)11(13)7-10/h3-4,7,14-15H,2,5-6,13H2,1H3. The van der Waals surface area contributed by atoms with Crippen molar-refractivity contribution in [3.63, 3.8) is 0 Å². The second-order valence-electron chi connectivity index (χ2n) is 3.66. The Morgan fingerprint density at radius 1 is 1.44 bits per heavy atom. The highest BCUT2D eigenvalue weighted by Crippen LogP contribution is 2.16. The third kappa shape index (κ3) is 4.24. The molecule has 1 aromatic rings. The summed E-state index contributed by atoms with van der Waals surface area (Å²) >= 11 is 0. The molecule has 0 bridgehead atoms. The lowest BCUT2D eigenvalue weighted by atomic mass is 10.2. The van der Waals surface area contributed by atoms with Gasteiger partial charge in [-0.3, -0.25) is 0 Å². The first-order chi connectivity index (χ1) is 8.48. The Bertz CT molecular complexity index is 549. The molecule has 0 fully saturated rings. The van der Waals surface area contributed by atoms with E-state index in [0.29, 0.717) is 23.5 Å². The van der Waals surface area contributed by atoms with E-state index in [0.717, 1.165) is 0 Å². The molecule has 0 saturated heterocycles. The molecule has 6 nitrogen and oxygen atoms in total.